The zero-order valence-corrected chi connectivity index (χ0v) is 20.0. The van der Waals surface area contributed by atoms with E-state index in [1.54, 1.807) is 0 Å². The van der Waals surface area contributed by atoms with Crippen LogP contribution >= 0.6 is 22.6 Å². The van der Waals surface area contributed by atoms with Gasteiger partial charge in [0.1, 0.15) is 0 Å². The molecule has 0 unspecified atom stereocenters. The third-order valence-corrected chi connectivity index (χ3v) is 5.63. The van der Waals surface area contributed by atoms with E-state index in [-0.39, 0.29) is 6.03 Å². The summed E-state index contributed by atoms with van der Waals surface area (Å²) in [6, 6.07) is 16.1. The summed E-state index contributed by atoms with van der Waals surface area (Å²) in [6.07, 6.45) is 10.5. The van der Waals surface area contributed by atoms with E-state index in [0.717, 1.165) is 35.5 Å². The largest absolute Gasteiger partial charge is 0.337 e. The number of likely N-dealkylation sites (tertiary alicyclic amines) is 1. The molecule has 2 aromatic rings. The van der Waals surface area contributed by atoms with Crippen LogP contribution < -0.4 is 10.2 Å². The predicted molar refractivity (Wildman–Crippen MR) is 137 cm³/mol. The highest BCUT2D eigenvalue weighted by atomic mass is 127. The van der Waals surface area contributed by atoms with Crippen LogP contribution in [0.5, 0.6) is 0 Å². The summed E-state index contributed by atoms with van der Waals surface area (Å²) >= 11 is 2.15. The number of benzene rings is 2. The number of carbonyl (C=O) groups is 1. The Balaban J connectivity index is 0.00000124. The van der Waals surface area contributed by atoms with Gasteiger partial charge >= 0.3 is 6.03 Å². The Kier molecular flexibility index (Phi) is 9.21. The summed E-state index contributed by atoms with van der Waals surface area (Å²) in [5.41, 5.74) is 3.96. The average Bonchev–Trinajstić information content (AvgIpc) is 3.15. The van der Waals surface area contributed by atoms with Gasteiger partial charge in [0.15, 0.2) is 0 Å². The fourth-order valence-corrected chi connectivity index (χ4v) is 4.13. The third kappa shape index (κ3) is 5.85. The van der Waals surface area contributed by atoms with E-state index in [4.69, 9.17) is 0 Å². The molecule has 5 heteroatoms. The van der Waals surface area contributed by atoms with Crippen LogP contribution in [0.1, 0.15) is 43.2 Å². The van der Waals surface area contributed by atoms with Gasteiger partial charge in [-0.3, -0.25) is 4.90 Å². The molecule has 4 rings (SSSR count). The first-order chi connectivity index (χ1) is 14.8. The number of alkyl halides is 1. The zero-order chi connectivity index (χ0) is 21.2. The lowest BCUT2D eigenvalue weighted by atomic mass is 10.1. The lowest BCUT2D eigenvalue weighted by Gasteiger charge is -2.25. The summed E-state index contributed by atoms with van der Waals surface area (Å²) in [5, 5.41) is 3.15. The second-order valence-corrected chi connectivity index (χ2v) is 7.63. The number of anilines is 2. The van der Waals surface area contributed by atoms with Crippen molar-refractivity contribution < 1.29 is 4.79 Å². The first-order valence-electron chi connectivity index (χ1n) is 10.9. The zero-order valence-electron chi connectivity index (χ0n) is 17.8. The molecule has 1 saturated heterocycles. The number of halogens is 1. The van der Waals surface area contributed by atoms with Crippen LogP contribution in [0.2, 0.25) is 0 Å². The first kappa shape index (κ1) is 22.8. The standard InChI is InChI=1S/C24H29N3O.CH3I/c28-24(25-16-9-19-26-17-7-1-2-8-18-26)27-22-12-5-3-10-20(22)14-15-21-11-4-6-13-23(21)27;1-2/h3-6,10-15H,1-2,7-9,16-19H2,(H,25,28);1H3. The van der Waals surface area contributed by atoms with Crippen molar-refractivity contribution in [2.75, 3.05) is 36.0 Å². The minimum Gasteiger partial charge on any atom is -0.337 e. The second kappa shape index (κ2) is 12.1. The first-order valence-corrected chi connectivity index (χ1v) is 13.0. The van der Waals surface area contributed by atoms with Gasteiger partial charge in [-0.25, -0.2) is 4.79 Å². The summed E-state index contributed by atoms with van der Waals surface area (Å²) in [7, 11) is 0. The van der Waals surface area contributed by atoms with Crippen molar-refractivity contribution in [1.82, 2.24) is 10.2 Å². The molecule has 30 heavy (non-hydrogen) atoms. The molecule has 0 spiro atoms. The van der Waals surface area contributed by atoms with Crippen molar-refractivity contribution in [2.24, 2.45) is 0 Å². The van der Waals surface area contributed by atoms with E-state index in [9.17, 15) is 4.79 Å². The number of para-hydroxylation sites is 2. The van der Waals surface area contributed by atoms with Crippen molar-refractivity contribution in [3.8, 4) is 0 Å². The Labute approximate surface area is 194 Å². The van der Waals surface area contributed by atoms with Crippen LogP contribution in [-0.4, -0.2) is 42.0 Å². The molecule has 4 nitrogen and oxygen atoms in total. The number of rotatable bonds is 4. The maximum atomic E-state index is 13.2. The average molecular weight is 517 g/mol. The molecule has 1 N–H and O–H groups in total. The van der Waals surface area contributed by atoms with Gasteiger partial charge in [0.2, 0.25) is 0 Å². The fourth-order valence-electron chi connectivity index (χ4n) is 4.13. The number of amides is 2. The quantitative estimate of drug-likeness (QED) is 0.292. The van der Waals surface area contributed by atoms with Crippen LogP contribution in [0.3, 0.4) is 0 Å². The lowest BCUT2D eigenvalue weighted by molar-refractivity contribution is 0.246. The topological polar surface area (TPSA) is 35.6 Å². The van der Waals surface area contributed by atoms with E-state index in [1.165, 1.54) is 38.8 Å². The molecule has 2 aliphatic heterocycles. The second-order valence-electron chi connectivity index (χ2n) is 7.63. The summed E-state index contributed by atoms with van der Waals surface area (Å²) in [5.74, 6) is 0. The highest BCUT2D eigenvalue weighted by Gasteiger charge is 2.23. The molecule has 0 saturated carbocycles. The van der Waals surface area contributed by atoms with Crippen molar-refractivity contribution in [3.05, 3.63) is 59.7 Å². The van der Waals surface area contributed by atoms with Gasteiger partial charge in [-0.2, -0.15) is 0 Å². The fraction of sp³-hybridized carbons (Fsp3) is 0.400. The van der Waals surface area contributed by atoms with Gasteiger partial charge in [0.05, 0.1) is 11.4 Å². The van der Waals surface area contributed by atoms with Gasteiger partial charge in [-0.15, -0.1) is 0 Å². The number of nitrogens with zero attached hydrogens (tertiary/aromatic N) is 2. The molecule has 2 aromatic carbocycles. The van der Waals surface area contributed by atoms with Gasteiger partial charge < -0.3 is 10.2 Å². The van der Waals surface area contributed by atoms with Crippen molar-refractivity contribution in [1.29, 1.82) is 0 Å². The SMILES string of the molecule is CI.O=C(NCCCN1CCCCCC1)N1c2ccccc2C=Cc2ccccc21. The lowest BCUT2D eigenvalue weighted by Crippen LogP contribution is -2.39. The van der Waals surface area contributed by atoms with Gasteiger partial charge in [-0.05, 0) is 67.1 Å². The molecule has 0 aromatic heterocycles. The van der Waals surface area contributed by atoms with E-state index < -0.39 is 0 Å². The molecule has 1 fully saturated rings. The molecule has 2 heterocycles. The molecular weight excluding hydrogens is 485 g/mol. The molecule has 0 aliphatic carbocycles. The Morgan fingerprint density at radius 2 is 1.40 bits per heavy atom. The van der Waals surface area contributed by atoms with E-state index in [0.29, 0.717) is 6.54 Å². The van der Waals surface area contributed by atoms with Crippen molar-refractivity contribution >= 4 is 52.1 Å². The van der Waals surface area contributed by atoms with E-state index in [1.807, 2.05) is 46.2 Å². The number of hydrogen-bond acceptors (Lipinski definition) is 2. The highest BCUT2D eigenvalue weighted by molar-refractivity contribution is 14.1. The van der Waals surface area contributed by atoms with E-state index >= 15 is 0 Å². The van der Waals surface area contributed by atoms with Crippen LogP contribution in [-0.2, 0) is 0 Å². The van der Waals surface area contributed by atoms with Crippen LogP contribution in [0.4, 0.5) is 16.2 Å². The normalized spacial score (nSPS) is 15.7. The maximum Gasteiger partial charge on any atom is 0.326 e. The summed E-state index contributed by atoms with van der Waals surface area (Å²) < 4.78 is 0. The van der Waals surface area contributed by atoms with Crippen LogP contribution in [0.25, 0.3) is 12.2 Å². The minimum absolute atomic E-state index is 0.0560. The Bertz CT molecular complexity index is 794. The van der Waals surface area contributed by atoms with Gasteiger partial charge in [0, 0.05) is 6.54 Å². The highest BCUT2D eigenvalue weighted by Crippen LogP contribution is 2.36. The van der Waals surface area contributed by atoms with Crippen LogP contribution in [0, 0.1) is 0 Å². The smallest absolute Gasteiger partial charge is 0.326 e. The Morgan fingerprint density at radius 1 is 0.867 bits per heavy atom. The van der Waals surface area contributed by atoms with Crippen LogP contribution in [0.15, 0.2) is 48.5 Å². The summed E-state index contributed by atoms with van der Waals surface area (Å²) in [6.45, 7) is 4.16. The Morgan fingerprint density at radius 3 is 1.97 bits per heavy atom. The number of urea groups is 1. The van der Waals surface area contributed by atoms with E-state index in [2.05, 4.69) is 57.1 Å². The van der Waals surface area contributed by atoms with Crippen molar-refractivity contribution in [2.45, 2.75) is 32.1 Å². The Hall–Kier alpha value is -1.86. The number of carbonyl (C=O) groups excluding carboxylic acids is 1. The molecule has 0 bridgehead atoms. The summed E-state index contributed by atoms with van der Waals surface area (Å²) in [4.78, 5) is 19.5. The molecule has 0 radical (unpaired) electrons. The van der Waals surface area contributed by atoms with Crippen molar-refractivity contribution in [3.63, 3.8) is 0 Å². The monoisotopic (exact) mass is 517 g/mol. The molecule has 0 atom stereocenters. The molecule has 2 amide bonds. The number of fused-ring (bicyclic) bond motifs is 2. The number of nitrogens with one attached hydrogen (secondary N) is 1. The molecule has 160 valence electrons. The minimum atomic E-state index is -0.0560. The number of hydrogen-bond donors (Lipinski definition) is 1. The van der Waals surface area contributed by atoms with Gasteiger partial charge in [0.25, 0.3) is 0 Å². The third-order valence-electron chi connectivity index (χ3n) is 5.63. The molecule has 2 aliphatic rings. The van der Waals surface area contributed by atoms with Gasteiger partial charge in [-0.1, -0.05) is 84.0 Å². The molecular formula is C25H32IN3O. The predicted octanol–water partition coefficient (Wildman–Crippen LogP) is 6.34. The maximum absolute atomic E-state index is 13.2.